The van der Waals surface area contributed by atoms with Crippen molar-refractivity contribution < 1.29 is 8.78 Å². The van der Waals surface area contributed by atoms with Gasteiger partial charge in [-0.2, -0.15) is 0 Å². The van der Waals surface area contributed by atoms with Crippen LogP contribution in [0, 0.1) is 0 Å². The summed E-state index contributed by atoms with van der Waals surface area (Å²) in [7, 11) is 0. The lowest BCUT2D eigenvalue weighted by Gasteiger charge is -2.27. The summed E-state index contributed by atoms with van der Waals surface area (Å²) in [4.78, 5) is 3.76. The van der Waals surface area contributed by atoms with E-state index in [0.29, 0.717) is 0 Å². The van der Waals surface area contributed by atoms with Crippen molar-refractivity contribution in [2.45, 2.75) is 37.6 Å². The molecule has 0 radical (unpaired) electrons. The molecule has 1 N–H and O–H groups in total. The summed E-state index contributed by atoms with van der Waals surface area (Å²) in [5, 5.41) is 3.15. The van der Waals surface area contributed by atoms with Crippen LogP contribution in [0.5, 0.6) is 0 Å². The van der Waals surface area contributed by atoms with Crippen molar-refractivity contribution in [3.8, 4) is 0 Å². The third-order valence-corrected chi connectivity index (χ3v) is 3.02. The summed E-state index contributed by atoms with van der Waals surface area (Å²) >= 11 is 0. The van der Waals surface area contributed by atoms with E-state index in [2.05, 4.69) is 10.3 Å². The van der Waals surface area contributed by atoms with E-state index >= 15 is 0 Å². The second-order valence-corrected chi connectivity index (χ2v) is 4.29. The Morgan fingerprint density at radius 2 is 2.06 bits per heavy atom. The highest BCUT2D eigenvalue weighted by Gasteiger charge is 2.34. The van der Waals surface area contributed by atoms with Crippen LogP contribution < -0.4 is 5.32 Å². The Labute approximate surface area is 94.1 Å². The number of nitrogens with one attached hydrogen (secondary N) is 1. The van der Waals surface area contributed by atoms with Gasteiger partial charge < -0.3 is 5.32 Å². The Kier molecular flexibility index (Phi) is 3.49. The third-order valence-electron chi connectivity index (χ3n) is 3.02. The summed E-state index contributed by atoms with van der Waals surface area (Å²) in [5.74, 6) is -2.75. The molecule has 0 aliphatic carbocycles. The maximum atomic E-state index is 13.9. The Bertz CT molecular complexity index is 321. The maximum absolute atomic E-state index is 13.9. The van der Waals surface area contributed by atoms with E-state index in [4.69, 9.17) is 0 Å². The van der Waals surface area contributed by atoms with Gasteiger partial charge in [0.25, 0.3) is 5.92 Å². The fraction of sp³-hybridized carbons (Fsp3) is 0.583. The predicted octanol–water partition coefficient (Wildman–Crippen LogP) is 2.71. The van der Waals surface area contributed by atoms with E-state index in [9.17, 15) is 8.78 Å². The molecular formula is C12H16F2N2. The quantitative estimate of drug-likeness (QED) is 0.857. The van der Waals surface area contributed by atoms with Gasteiger partial charge in [0.05, 0.1) is 0 Å². The van der Waals surface area contributed by atoms with Gasteiger partial charge in [0.15, 0.2) is 0 Å². The predicted molar refractivity (Wildman–Crippen MR) is 58.4 cm³/mol. The summed E-state index contributed by atoms with van der Waals surface area (Å²) in [6.45, 7) is 0.858. The number of piperidine rings is 1. The van der Waals surface area contributed by atoms with Gasteiger partial charge in [0, 0.05) is 30.4 Å². The molecule has 2 heterocycles. The topological polar surface area (TPSA) is 24.9 Å². The van der Waals surface area contributed by atoms with Gasteiger partial charge >= 0.3 is 0 Å². The molecule has 0 amide bonds. The van der Waals surface area contributed by atoms with E-state index < -0.39 is 5.92 Å². The number of rotatable bonds is 3. The first-order valence-corrected chi connectivity index (χ1v) is 5.70. The maximum Gasteiger partial charge on any atom is 0.274 e. The van der Waals surface area contributed by atoms with Crippen molar-refractivity contribution in [3.63, 3.8) is 0 Å². The second-order valence-electron chi connectivity index (χ2n) is 4.29. The number of pyridine rings is 1. The molecule has 0 aromatic carbocycles. The summed E-state index contributed by atoms with van der Waals surface area (Å²) in [6.07, 6.45) is 5.70. The van der Waals surface area contributed by atoms with Gasteiger partial charge in [-0.1, -0.05) is 6.42 Å². The number of hydrogen-bond donors (Lipinski definition) is 1. The van der Waals surface area contributed by atoms with Crippen molar-refractivity contribution in [1.29, 1.82) is 0 Å². The molecule has 0 spiro atoms. The molecule has 1 fully saturated rings. The molecule has 1 aromatic rings. The SMILES string of the molecule is FC(F)(CC1CCCCN1)c1ccncc1. The van der Waals surface area contributed by atoms with E-state index in [1.165, 1.54) is 24.5 Å². The molecule has 1 aromatic heterocycles. The number of nitrogens with zero attached hydrogens (tertiary/aromatic N) is 1. The van der Waals surface area contributed by atoms with Crippen LogP contribution in [0.3, 0.4) is 0 Å². The van der Waals surface area contributed by atoms with Crippen molar-refractivity contribution in [2.24, 2.45) is 0 Å². The highest BCUT2D eigenvalue weighted by molar-refractivity contribution is 5.16. The normalized spacial score (nSPS) is 22.0. The van der Waals surface area contributed by atoms with Crippen LogP contribution in [0.2, 0.25) is 0 Å². The van der Waals surface area contributed by atoms with Crippen molar-refractivity contribution in [2.75, 3.05) is 6.54 Å². The van der Waals surface area contributed by atoms with Gasteiger partial charge in [-0.3, -0.25) is 4.98 Å². The second kappa shape index (κ2) is 4.87. The Morgan fingerprint density at radius 1 is 1.31 bits per heavy atom. The molecule has 1 atom stereocenters. The summed E-state index contributed by atoms with van der Waals surface area (Å²) in [5.41, 5.74) is 0.0647. The van der Waals surface area contributed by atoms with E-state index in [1.807, 2.05) is 0 Å². The standard InChI is InChI=1S/C12H16F2N2/c13-12(14,10-4-7-15-8-5-10)9-11-3-1-2-6-16-11/h4-5,7-8,11,16H,1-3,6,9H2. The zero-order chi connectivity index (χ0) is 11.4. The summed E-state index contributed by atoms with van der Waals surface area (Å²) in [6, 6.07) is 2.72. The Morgan fingerprint density at radius 3 is 2.69 bits per heavy atom. The van der Waals surface area contributed by atoms with E-state index in [-0.39, 0.29) is 18.0 Å². The molecule has 16 heavy (non-hydrogen) atoms. The third kappa shape index (κ3) is 2.76. The minimum Gasteiger partial charge on any atom is -0.314 e. The molecule has 0 saturated carbocycles. The molecule has 1 unspecified atom stereocenters. The van der Waals surface area contributed by atoms with Gasteiger partial charge in [-0.25, -0.2) is 8.78 Å². The lowest BCUT2D eigenvalue weighted by atomic mass is 9.96. The number of alkyl halides is 2. The van der Waals surface area contributed by atoms with Crippen LogP contribution in [0.4, 0.5) is 8.78 Å². The fourth-order valence-corrected chi connectivity index (χ4v) is 2.12. The van der Waals surface area contributed by atoms with Gasteiger partial charge in [-0.15, -0.1) is 0 Å². The Hall–Kier alpha value is -1.03. The largest absolute Gasteiger partial charge is 0.314 e. The smallest absolute Gasteiger partial charge is 0.274 e. The Balaban J connectivity index is 2.01. The number of halogens is 2. The van der Waals surface area contributed by atoms with Crippen molar-refractivity contribution >= 4 is 0 Å². The average Bonchev–Trinajstić information content (AvgIpc) is 2.31. The highest BCUT2D eigenvalue weighted by Crippen LogP contribution is 2.33. The van der Waals surface area contributed by atoms with Crippen LogP contribution in [-0.2, 0) is 5.92 Å². The molecule has 2 nitrogen and oxygen atoms in total. The number of hydrogen-bond acceptors (Lipinski definition) is 2. The fourth-order valence-electron chi connectivity index (χ4n) is 2.12. The molecule has 88 valence electrons. The molecular weight excluding hydrogens is 210 g/mol. The van der Waals surface area contributed by atoms with Gasteiger partial charge in [0.2, 0.25) is 0 Å². The molecule has 2 rings (SSSR count). The first-order chi connectivity index (χ1) is 7.68. The van der Waals surface area contributed by atoms with Crippen LogP contribution >= 0.6 is 0 Å². The van der Waals surface area contributed by atoms with Gasteiger partial charge in [-0.05, 0) is 31.5 Å². The molecule has 1 saturated heterocycles. The van der Waals surface area contributed by atoms with Crippen LogP contribution in [0.25, 0.3) is 0 Å². The lowest BCUT2D eigenvalue weighted by Crippen LogP contribution is -2.37. The van der Waals surface area contributed by atoms with E-state index in [1.54, 1.807) is 0 Å². The van der Waals surface area contributed by atoms with Crippen molar-refractivity contribution in [1.82, 2.24) is 10.3 Å². The average molecular weight is 226 g/mol. The molecule has 1 aliphatic rings. The van der Waals surface area contributed by atoms with Gasteiger partial charge in [0.1, 0.15) is 0 Å². The highest BCUT2D eigenvalue weighted by atomic mass is 19.3. The van der Waals surface area contributed by atoms with Crippen LogP contribution in [0.1, 0.15) is 31.2 Å². The first-order valence-electron chi connectivity index (χ1n) is 5.70. The minimum absolute atomic E-state index is 0.0584. The molecule has 1 aliphatic heterocycles. The zero-order valence-corrected chi connectivity index (χ0v) is 9.13. The summed E-state index contributed by atoms with van der Waals surface area (Å²) < 4.78 is 27.7. The zero-order valence-electron chi connectivity index (χ0n) is 9.13. The first kappa shape index (κ1) is 11.5. The molecule has 4 heteroatoms. The van der Waals surface area contributed by atoms with Crippen LogP contribution in [0.15, 0.2) is 24.5 Å². The van der Waals surface area contributed by atoms with Crippen LogP contribution in [-0.4, -0.2) is 17.6 Å². The lowest BCUT2D eigenvalue weighted by molar-refractivity contribution is -0.0253. The van der Waals surface area contributed by atoms with Crippen molar-refractivity contribution in [3.05, 3.63) is 30.1 Å². The van der Waals surface area contributed by atoms with E-state index in [0.717, 1.165) is 25.8 Å². The monoisotopic (exact) mass is 226 g/mol. The minimum atomic E-state index is -2.75. The number of aromatic nitrogens is 1. The molecule has 0 bridgehead atoms.